The van der Waals surface area contributed by atoms with Crippen LogP contribution in [0.5, 0.6) is 5.75 Å². The number of ether oxygens (including phenoxy) is 1. The van der Waals surface area contributed by atoms with Gasteiger partial charge in [-0.3, -0.25) is 0 Å². The monoisotopic (exact) mass is 220 g/mol. The van der Waals surface area contributed by atoms with E-state index in [1.165, 1.54) is 12.0 Å². The molecule has 0 radical (unpaired) electrons. The molecule has 1 saturated carbocycles. The summed E-state index contributed by atoms with van der Waals surface area (Å²) < 4.78 is 5.12. The summed E-state index contributed by atoms with van der Waals surface area (Å²) in [5, 5.41) is 3.54. The number of hydrogen-bond acceptors (Lipinski definition) is 3. The van der Waals surface area contributed by atoms with Gasteiger partial charge in [0.1, 0.15) is 5.75 Å². The van der Waals surface area contributed by atoms with Crippen LogP contribution in [0.3, 0.4) is 0 Å². The van der Waals surface area contributed by atoms with Gasteiger partial charge in [0.15, 0.2) is 0 Å². The normalized spacial score (nSPS) is 24.6. The third-order valence-electron chi connectivity index (χ3n) is 3.23. The average Bonchev–Trinajstić information content (AvgIpc) is 2.73. The topological polar surface area (TPSA) is 47.3 Å². The van der Waals surface area contributed by atoms with Crippen LogP contribution in [-0.4, -0.2) is 19.2 Å². The molecule has 0 aromatic heterocycles. The molecule has 2 rings (SSSR count). The summed E-state index contributed by atoms with van der Waals surface area (Å²) in [5.74, 6) is 0.909. The molecule has 3 N–H and O–H groups in total. The van der Waals surface area contributed by atoms with Crippen molar-refractivity contribution in [1.82, 2.24) is 5.32 Å². The van der Waals surface area contributed by atoms with Gasteiger partial charge in [-0.2, -0.15) is 0 Å². The first kappa shape index (κ1) is 11.4. The van der Waals surface area contributed by atoms with E-state index < -0.39 is 0 Å². The maximum Gasteiger partial charge on any atom is 0.118 e. The third-order valence-corrected chi connectivity index (χ3v) is 3.23. The van der Waals surface area contributed by atoms with Crippen LogP contribution in [0, 0.1) is 0 Å². The number of rotatable bonds is 4. The Bertz CT molecular complexity index is 323. The molecule has 1 aliphatic rings. The lowest BCUT2D eigenvalue weighted by molar-refractivity contribution is 0.414. The van der Waals surface area contributed by atoms with Crippen molar-refractivity contribution < 1.29 is 4.74 Å². The molecule has 0 aliphatic heterocycles. The lowest BCUT2D eigenvalue weighted by Gasteiger charge is -2.12. The van der Waals surface area contributed by atoms with E-state index >= 15 is 0 Å². The Morgan fingerprint density at radius 2 is 2.06 bits per heavy atom. The molecule has 1 fully saturated rings. The molecule has 0 saturated heterocycles. The van der Waals surface area contributed by atoms with E-state index in [-0.39, 0.29) is 0 Å². The first-order valence-electron chi connectivity index (χ1n) is 5.90. The van der Waals surface area contributed by atoms with E-state index in [9.17, 15) is 0 Å². The molecule has 3 heteroatoms. The molecular formula is C13H20N2O. The summed E-state index contributed by atoms with van der Waals surface area (Å²) >= 11 is 0. The van der Waals surface area contributed by atoms with Gasteiger partial charge < -0.3 is 15.8 Å². The second-order valence-corrected chi connectivity index (χ2v) is 4.50. The number of nitrogens with two attached hydrogens (primary N) is 1. The van der Waals surface area contributed by atoms with Gasteiger partial charge in [0.2, 0.25) is 0 Å². The van der Waals surface area contributed by atoms with Crippen molar-refractivity contribution in [3.63, 3.8) is 0 Å². The van der Waals surface area contributed by atoms with Crippen LogP contribution < -0.4 is 15.8 Å². The highest BCUT2D eigenvalue weighted by Crippen LogP contribution is 2.18. The van der Waals surface area contributed by atoms with Crippen LogP contribution in [0.4, 0.5) is 0 Å². The molecule has 2 unspecified atom stereocenters. The quantitative estimate of drug-likeness (QED) is 0.811. The Kier molecular flexibility index (Phi) is 3.80. The lowest BCUT2D eigenvalue weighted by Crippen LogP contribution is -2.27. The average molecular weight is 220 g/mol. The van der Waals surface area contributed by atoms with Crippen LogP contribution in [0.2, 0.25) is 0 Å². The zero-order valence-corrected chi connectivity index (χ0v) is 9.78. The Hall–Kier alpha value is -1.06. The van der Waals surface area contributed by atoms with E-state index in [1.54, 1.807) is 7.11 Å². The SMILES string of the molecule is COc1ccc(CNC2CCC(N)C2)cc1. The van der Waals surface area contributed by atoms with Crippen molar-refractivity contribution in [2.24, 2.45) is 5.73 Å². The largest absolute Gasteiger partial charge is 0.497 e. The van der Waals surface area contributed by atoms with Crippen molar-refractivity contribution in [3.8, 4) is 5.75 Å². The van der Waals surface area contributed by atoms with Crippen molar-refractivity contribution >= 4 is 0 Å². The summed E-state index contributed by atoms with van der Waals surface area (Å²) in [6.07, 6.45) is 3.47. The number of benzene rings is 1. The number of nitrogens with one attached hydrogen (secondary N) is 1. The van der Waals surface area contributed by atoms with Gasteiger partial charge >= 0.3 is 0 Å². The highest BCUT2D eigenvalue weighted by molar-refractivity contribution is 5.27. The van der Waals surface area contributed by atoms with E-state index in [4.69, 9.17) is 10.5 Å². The van der Waals surface area contributed by atoms with Crippen molar-refractivity contribution in [3.05, 3.63) is 29.8 Å². The van der Waals surface area contributed by atoms with Gasteiger partial charge in [-0.1, -0.05) is 12.1 Å². The summed E-state index contributed by atoms with van der Waals surface area (Å²) in [5.41, 5.74) is 7.17. The van der Waals surface area contributed by atoms with Gasteiger partial charge in [0.25, 0.3) is 0 Å². The summed E-state index contributed by atoms with van der Waals surface area (Å²) in [7, 11) is 1.69. The molecule has 1 aromatic carbocycles. The second kappa shape index (κ2) is 5.32. The Morgan fingerprint density at radius 1 is 1.31 bits per heavy atom. The highest BCUT2D eigenvalue weighted by Gasteiger charge is 2.20. The summed E-state index contributed by atoms with van der Waals surface area (Å²) in [6, 6.07) is 9.18. The van der Waals surface area contributed by atoms with Gasteiger partial charge in [0.05, 0.1) is 7.11 Å². The molecule has 0 heterocycles. The molecule has 2 atom stereocenters. The predicted molar refractivity (Wildman–Crippen MR) is 65.4 cm³/mol. The molecule has 0 spiro atoms. The molecule has 3 nitrogen and oxygen atoms in total. The van der Waals surface area contributed by atoms with Crippen LogP contribution in [0.15, 0.2) is 24.3 Å². The molecular weight excluding hydrogens is 200 g/mol. The van der Waals surface area contributed by atoms with E-state index in [0.717, 1.165) is 25.1 Å². The molecule has 1 aliphatic carbocycles. The predicted octanol–water partition coefficient (Wildman–Crippen LogP) is 1.66. The number of hydrogen-bond donors (Lipinski definition) is 2. The van der Waals surface area contributed by atoms with Crippen molar-refractivity contribution in [2.75, 3.05) is 7.11 Å². The zero-order valence-electron chi connectivity index (χ0n) is 9.78. The minimum atomic E-state index is 0.397. The van der Waals surface area contributed by atoms with E-state index in [1.807, 2.05) is 12.1 Å². The van der Waals surface area contributed by atoms with Crippen LogP contribution in [-0.2, 0) is 6.54 Å². The first-order chi connectivity index (χ1) is 7.78. The highest BCUT2D eigenvalue weighted by atomic mass is 16.5. The Labute approximate surface area is 97.0 Å². The Morgan fingerprint density at radius 3 is 2.62 bits per heavy atom. The van der Waals surface area contributed by atoms with Crippen LogP contribution >= 0.6 is 0 Å². The lowest BCUT2D eigenvalue weighted by atomic mass is 10.2. The van der Waals surface area contributed by atoms with E-state index in [0.29, 0.717) is 12.1 Å². The molecule has 16 heavy (non-hydrogen) atoms. The van der Waals surface area contributed by atoms with Crippen molar-refractivity contribution in [1.29, 1.82) is 0 Å². The van der Waals surface area contributed by atoms with Crippen molar-refractivity contribution in [2.45, 2.75) is 37.9 Å². The Balaban J connectivity index is 1.80. The van der Waals surface area contributed by atoms with E-state index in [2.05, 4.69) is 17.4 Å². The molecule has 0 bridgehead atoms. The standard InChI is InChI=1S/C13H20N2O/c1-16-13-6-2-10(3-7-13)9-15-12-5-4-11(14)8-12/h2-3,6-7,11-12,15H,4-5,8-9,14H2,1H3. The summed E-state index contributed by atoms with van der Waals surface area (Å²) in [4.78, 5) is 0. The maximum atomic E-state index is 5.88. The van der Waals surface area contributed by atoms with Crippen LogP contribution in [0.25, 0.3) is 0 Å². The zero-order chi connectivity index (χ0) is 11.4. The van der Waals surface area contributed by atoms with Crippen LogP contribution in [0.1, 0.15) is 24.8 Å². The smallest absolute Gasteiger partial charge is 0.118 e. The molecule has 0 amide bonds. The maximum absolute atomic E-state index is 5.88. The van der Waals surface area contributed by atoms with Gasteiger partial charge in [-0.25, -0.2) is 0 Å². The third kappa shape index (κ3) is 2.97. The van der Waals surface area contributed by atoms with Gasteiger partial charge in [0, 0.05) is 18.6 Å². The molecule has 1 aromatic rings. The number of methoxy groups -OCH3 is 1. The second-order valence-electron chi connectivity index (χ2n) is 4.50. The minimum Gasteiger partial charge on any atom is -0.497 e. The van der Waals surface area contributed by atoms with Gasteiger partial charge in [-0.15, -0.1) is 0 Å². The first-order valence-corrected chi connectivity index (χ1v) is 5.90. The molecule has 88 valence electrons. The fourth-order valence-corrected chi connectivity index (χ4v) is 2.21. The fourth-order valence-electron chi connectivity index (χ4n) is 2.21. The van der Waals surface area contributed by atoms with Gasteiger partial charge in [-0.05, 0) is 37.0 Å². The minimum absolute atomic E-state index is 0.397. The summed E-state index contributed by atoms with van der Waals surface area (Å²) in [6.45, 7) is 0.918. The fraction of sp³-hybridized carbons (Fsp3) is 0.538.